The first kappa shape index (κ1) is 15.8. The molecular weight excluding hydrogens is 264 g/mol. The predicted octanol–water partition coefficient (Wildman–Crippen LogP) is 4.01. The van der Waals surface area contributed by atoms with Crippen molar-refractivity contribution in [2.75, 3.05) is 13.7 Å². The highest BCUT2D eigenvalue weighted by Gasteiger charge is 2.63. The maximum Gasteiger partial charge on any atom is 0.190 e. The molecule has 2 unspecified atom stereocenters. The molecule has 1 heterocycles. The molecular formula is C18H32O3. The summed E-state index contributed by atoms with van der Waals surface area (Å²) in [5, 5.41) is 0. The van der Waals surface area contributed by atoms with Crippen molar-refractivity contribution in [1.29, 1.82) is 0 Å². The van der Waals surface area contributed by atoms with Gasteiger partial charge < -0.3 is 14.2 Å². The van der Waals surface area contributed by atoms with Crippen molar-refractivity contribution in [3.05, 3.63) is 0 Å². The molecule has 0 aromatic heterocycles. The van der Waals surface area contributed by atoms with Gasteiger partial charge in [0.05, 0.1) is 11.7 Å². The van der Waals surface area contributed by atoms with Gasteiger partial charge in [0.25, 0.3) is 0 Å². The molecule has 1 saturated heterocycles. The fraction of sp³-hybridized carbons (Fsp3) is 1.00. The average molecular weight is 296 g/mol. The second kappa shape index (κ2) is 4.94. The Hall–Kier alpha value is -0.120. The minimum absolute atomic E-state index is 0.166. The van der Waals surface area contributed by atoms with Crippen molar-refractivity contribution in [1.82, 2.24) is 0 Å². The molecule has 0 aromatic rings. The largest absolute Gasteiger partial charge is 0.379 e. The molecule has 3 aliphatic rings. The number of ether oxygens (including phenoxy) is 3. The first-order valence-electron chi connectivity index (χ1n) is 8.63. The van der Waals surface area contributed by atoms with Crippen molar-refractivity contribution in [3.8, 4) is 0 Å². The Morgan fingerprint density at radius 3 is 2.19 bits per heavy atom. The van der Waals surface area contributed by atoms with Gasteiger partial charge in [0.15, 0.2) is 5.79 Å². The Balaban J connectivity index is 1.88. The summed E-state index contributed by atoms with van der Waals surface area (Å²) in [5.74, 6) is 1.55. The molecule has 3 rings (SSSR count). The second-order valence-electron chi connectivity index (χ2n) is 8.38. The van der Waals surface area contributed by atoms with Gasteiger partial charge in [-0.15, -0.1) is 0 Å². The van der Waals surface area contributed by atoms with Gasteiger partial charge in [0.2, 0.25) is 0 Å². The van der Waals surface area contributed by atoms with Crippen LogP contribution in [0.25, 0.3) is 0 Å². The molecule has 122 valence electrons. The number of hydrogen-bond donors (Lipinski definition) is 0. The molecule has 0 radical (unpaired) electrons. The number of methoxy groups -OCH3 is 1. The van der Waals surface area contributed by atoms with Crippen molar-refractivity contribution in [2.45, 2.75) is 77.8 Å². The summed E-state index contributed by atoms with van der Waals surface area (Å²) in [5.41, 5.74) is 0.284. The van der Waals surface area contributed by atoms with E-state index in [9.17, 15) is 0 Å². The van der Waals surface area contributed by atoms with E-state index >= 15 is 0 Å². The summed E-state index contributed by atoms with van der Waals surface area (Å²) in [6.07, 6.45) is 5.36. The average Bonchev–Trinajstić information content (AvgIpc) is 2.80. The number of hydrogen-bond acceptors (Lipinski definition) is 3. The normalized spacial score (nSPS) is 56.9. The van der Waals surface area contributed by atoms with Gasteiger partial charge in [-0.1, -0.05) is 20.8 Å². The lowest BCUT2D eigenvalue weighted by Gasteiger charge is -2.51. The van der Waals surface area contributed by atoms with Crippen LogP contribution in [-0.4, -0.2) is 31.2 Å². The summed E-state index contributed by atoms with van der Waals surface area (Å²) in [6, 6.07) is 0. The third-order valence-corrected chi connectivity index (χ3v) is 7.10. The van der Waals surface area contributed by atoms with Gasteiger partial charge in [-0.2, -0.15) is 0 Å². The van der Waals surface area contributed by atoms with Gasteiger partial charge in [0.1, 0.15) is 6.61 Å². The van der Waals surface area contributed by atoms with E-state index in [1.165, 1.54) is 19.3 Å². The van der Waals surface area contributed by atoms with E-state index in [0.29, 0.717) is 17.9 Å². The van der Waals surface area contributed by atoms with Crippen molar-refractivity contribution in [3.63, 3.8) is 0 Å². The topological polar surface area (TPSA) is 27.7 Å². The smallest absolute Gasteiger partial charge is 0.190 e. The van der Waals surface area contributed by atoms with E-state index in [1.54, 1.807) is 7.11 Å². The lowest BCUT2D eigenvalue weighted by atomic mass is 9.56. The maximum absolute atomic E-state index is 6.42. The van der Waals surface area contributed by atoms with Crippen LogP contribution in [0.15, 0.2) is 0 Å². The van der Waals surface area contributed by atoms with Crippen LogP contribution >= 0.6 is 0 Å². The minimum Gasteiger partial charge on any atom is -0.379 e. The van der Waals surface area contributed by atoms with Gasteiger partial charge >= 0.3 is 0 Å². The third-order valence-electron chi connectivity index (χ3n) is 7.10. The molecule has 6 atom stereocenters. The molecule has 0 bridgehead atoms. The maximum atomic E-state index is 6.42. The highest BCUT2D eigenvalue weighted by atomic mass is 16.8. The SMILES string of the molecule is COC[C@@]1(C)O[C@H]2CC3(C[C@H](C)[C@@]2(C)O1)C(C)CCC3C. The molecule has 2 saturated carbocycles. The Kier molecular flexibility index (Phi) is 3.71. The third kappa shape index (κ3) is 2.19. The van der Waals surface area contributed by atoms with E-state index in [1.807, 2.05) is 6.92 Å². The summed E-state index contributed by atoms with van der Waals surface area (Å²) in [6.45, 7) is 12.0. The Labute approximate surface area is 129 Å². The van der Waals surface area contributed by atoms with Gasteiger partial charge in [-0.3, -0.25) is 0 Å². The molecule has 0 N–H and O–H groups in total. The van der Waals surface area contributed by atoms with Crippen molar-refractivity contribution < 1.29 is 14.2 Å². The van der Waals surface area contributed by atoms with Crippen LogP contribution in [0, 0.1) is 23.2 Å². The molecule has 0 aromatic carbocycles. The van der Waals surface area contributed by atoms with E-state index in [2.05, 4.69) is 27.7 Å². The van der Waals surface area contributed by atoms with Gasteiger partial charge in [0, 0.05) is 7.11 Å². The summed E-state index contributed by atoms with van der Waals surface area (Å²) >= 11 is 0. The van der Waals surface area contributed by atoms with Crippen LogP contribution < -0.4 is 0 Å². The van der Waals surface area contributed by atoms with E-state index < -0.39 is 5.79 Å². The lowest BCUT2D eigenvalue weighted by Crippen LogP contribution is -2.54. The fourth-order valence-electron chi connectivity index (χ4n) is 5.53. The van der Waals surface area contributed by atoms with Crippen LogP contribution in [0.3, 0.4) is 0 Å². The highest BCUT2D eigenvalue weighted by molar-refractivity contribution is 5.10. The van der Waals surface area contributed by atoms with E-state index in [4.69, 9.17) is 14.2 Å². The zero-order valence-electron chi connectivity index (χ0n) is 14.6. The Morgan fingerprint density at radius 1 is 1.00 bits per heavy atom. The quantitative estimate of drug-likeness (QED) is 0.770. The number of rotatable bonds is 2. The first-order chi connectivity index (χ1) is 9.76. The zero-order chi connectivity index (χ0) is 15.5. The molecule has 0 amide bonds. The molecule has 3 heteroatoms. The first-order valence-corrected chi connectivity index (χ1v) is 8.63. The summed E-state index contributed by atoms with van der Waals surface area (Å²) < 4.78 is 18.1. The Morgan fingerprint density at radius 2 is 1.62 bits per heavy atom. The molecule has 3 nitrogen and oxygen atoms in total. The van der Waals surface area contributed by atoms with E-state index in [-0.39, 0.29) is 11.7 Å². The summed E-state index contributed by atoms with van der Waals surface area (Å²) in [4.78, 5) is 0. The van der Waals surface area contributed by atoms with Crippen LogP contribution in [-0.2, 0) is 14.2 Å². The van der Waals surface area contributed by atoms with E-state index in [0.717, 1.165) is 18.3 Å². The van der Waals surface area contributed by atoms with Gasteiger partial charge in [-0.05, 0) is 62.7 Å². The predicted molar refractivity (Wildman–Crippen MR) is 83.0 cm³/mol. The second-order valence-corrected chi connectivity index (χ2v) is 8.38. The standard InChI is InChI=1S/C18H32O3/c1-12-7-8-13(2)18(12)9-14(3)17(5)15(10-18)20-16(4,21-17)11-19-6/h12-15H,7-11H2,1-6H3/t12?,13?,14-,15-,16-,17+,18?/m0/s1. The van der Waals surface area contributed by atoms with Crippen molar-refractivity contribution in [2.24, 2.45) is 23.2 Å². The van der Waals surface area contributed by atoms with Crippen LogP contribution in [0.5, 0.6) is 0 Å². The van der Waals surface area contributed by atoms with Gasteiger partial charge in [-0.25, -0.2) is 0 Å². The molecule has 3 fully saturated rings. The monoisotopic (exact) mass is 296 g/mol. The molecule has 1 spiro atoms. The van der Waals surface area contributed by atoms with Crippen LogP contribution in [0.4, 0.5) is 0 Å². The zero-order valence-corrected chi connectivity index (χ0v) is 14.6. The lowest BCUT2D eigenvalue weighted by molar-refractivity contribution is -0.206. The van der Waals surface area contributed by atoms with Crippen LogP contribution in [0.1, 0.15) is 60.3 Å². The van der Waals surface area contributed by atoms with Crippen molar-refractivity contribution >= 4 is 0 Å². The molecule has 21 heavy (non-hydrogen) atoms. The molecule has 2 aliphatic carbocycles. The summed E-state index contributed by atoms with van der Waals surface area (Å²) in [7, 11) is 1.72. The number of fused-ring (bicyclic) bond motifs is 1. The fourth-order valence-corrected chi connectivity index (χ4v) is 5.53. The molecule has 1 aliphatic heterocycles. The van der Waals surface area contributed by atoms with Crippen LogP contribution in [0.2, 0.25) is 0 Å². The highest BCUT2D eigenvalue weighted by Crippen LogP contribution is 2.62. The minimum atomic E-state index is -0.584. The Bertz CT molecular complexity index is 399.